The molecule has 0 aromatic rings. The molecule has 0 spiro atoms. The van der Waals surface area contributed by atoms with Crippen LogP contribution in [0.25, 0.3) is 0 Å². The lowest BCUT2D eigenvalue weighted by Gasteiger charge is -2.61. The molecule has 0 aromatic carbocycles. The van der Waals surface area contributed by atoms with Crippen molar-refractivity contribution in [3.05, 3.63) is 0 Å². The normalized spacial score (nSPS) is 56.3. The van der Waals surface area contributed by atoms with Crippen LogP contribution < -0.4 is 0 Å². The summed E-state index contributed by atoms with van der Waals surface area (Å²) in [5, 5.41) is 24.1. The van der Waals surface area contributed by atoms with Crippen molar-refractivity contribution >= 4 is 5.71 Å². The second kappa shape index (κ2) is 4.96. The number of oxime groups is 1. The Morgan fingerprint density at radius 1 is 1.09 bits per heavy atom. The Kier molecular flexibility index (Phi) is 3.38. The molecular formula is C19H31NO2. The van der Waals surface area contributed by atoms with Crippen molar-refractivity contribution in [1.82, 2.24) is 0 Å². The van der Waals surface area contributed by atoms with Crippen LogP contribution in [0.3, 0.4) is 0 Å². The molecule has 0 saturated heterocycles. The van der Waals surface area contributed by atoms with E-state index in [1.54, 1.807) is 0 Å². The number of nitrogens with zero attached hydrogens (tertiary/aromatic N) is 1. The van der Waals surface area contributed by atoms with Crippen LogP contribution in [-0.2, 0) is 0 Å². The first kappa shape index (κ1) is 15.0. The van der Waals surface area contributed by atoms with Gasteiger partial charge in [0.05, 0.1) is 11.8 Å². The first-order valence-corrected chi connectivity index (χ1v) is 9.40. The van der Waals surface area contributed by atoms with E-state index in [9.17, 15) is 10.3 Å². The molecule has 0 bridgehead atoms. The van der Waals surface area contributed by atoms with Gasteiger partial charge in [-0.05, 0) is 74.0 Å². The molecule has 7 atom stereocenters. The molecule has 2 N–H and O–H groups in total. The average Bonchev–Trinajstić information content (AvgIpc) is 2.82. The summed E-state index contributed by atoms with van der Waals surface area (Å²) in [5.41, 5.74) is 1.24. The van der Waals surface area contributed by atoms with Crippen molar-refractivity contribution in [2.75, 3.05) is 0 Å². The quantitative estimate of drug-likeness (QED) is 0.520. The summed E-state index contributed by atoms with van der Waals surface area (Å²) in [7, 11) is 0. The van der Waals surface area contributed by atoms with Gasteiger partial charge in [0, 0.05) is 5.41 Å². The molecule has 0 radical (unpaired) electrons. The molecule has 4 aliphatic carbocycles. The summed E-state index contributed by atoms with van der Waals surface area (Å²) in [6, 6.07) is 0. The minimum absolute atomic E-state index is 0.0623. The summed E-state index contributed by atoms with van der Waals surface area (Å²) < 4.78 is 0. The third-order valence-corrected chi connectivity index (χ3v) is 8.38. The third kappa shape index (κ3) is 1.81. The topological polar surface area (TPSA) is 52.8 Å². The Morgan fingerprint density at radius 3 is 2.68 bits per heavy atom. The zero-order valence-electron chi connectivity index (χ0n) is 14.1. The Balaban J connectivity index is 1.71. The van der Waals surface area contributed by atoms with Gasteiger partial charge in [0.25, 0.3) is 0 Å². The van der Waals surface area contributed by atoms with Crippen LogP contribution in [0.1, 0.15) is 71.6 Å². The molecule has 4 fully saturated rings. The predicted octanol–water partition coefficient (Wildman–Crippen LogP) is 4.22. The fourth-order valence-electron chi connectivity index (χ4n) is 7.37. The van der Waals surface area contributed by atoms with Gasteiger partial charge in [-0.25, -0.2) is 0 Å². The molecule has 4 rings (SSSR count). The minimum atomic E-state index is -0.216. The first-order valence-electron chi connectivity index (χ1n) is 9.40. The van der Waals surface area contributed by atoms with Crippen LogP contribution in [0.5, 0.6) is 0 Å². The highest BCUT2D eigenvalue weighted by molar-refractivity contribution is 5.92. The summed E-state index contributed by atoms with van der Waals surface area (Å²) in [6.07, 6.45) is 10.7. The largest absolute Gasteiger partial charge is 0.411 e. The highest BCUT2D eigenvalue weighted by atomic mass is 16.4. The SMILES string of the molecule is C[C@]12CCCC[C@@H]1CC[C@@H]1[C@@H]2[C@H](O)C[C@]2(C)/C(=N\O)CC[C@@H]12. The van der Waals surface area contributed by atoms with E-state index >= 15 is 0 Å². The Morgan fingerprint density at radius 2 is 1.91 bits per heavy atom. The molecule has 3 nitrogen and oxygen atoms in total. The van der Waals surface area contributed by atoms with E-state index < -0.39 is 0 Å². The number of hydrogen-bond acceptors (Lipinski definition) is 3. The van der Waals surface area contributed by atoms with E-state index in [0.29, 0.717) is 23.2 Å². The van der Waals surface area contributed by atoms with Gasteiger partial charge in [-0.1, -0.05) is 31.8 Å². The molecular weight excluding hydrogens is 274 g/mol. The van der Waals surface area contributed by atoms with Crippen molar-refractivity contribution in [3.8, 4) is 0 Å². The fourth-order valence-corrected chi connectivity index (χ4v) is 7.37. The number of aliphatic hydroxyl groups is 1. The van der Waals surface area contributed by atoms with E-state index in [-0.39, 0.29) is 11.5 Å². The van der Waals surface area contributed by atoms with E-state index in [1.807, 2.05) is 0 Å². The number of aliphatic hydroxyl groups excluding tert-OH is 1. The van der Waals surface area contributed by atoms with Crippen LogP contribution in [0, 0.1) is 34.5 Å². The molecule has 0 aromatic heterocycles. The Bertz CT molecular complexity index is 490. The second-order valence-electron chi connectivity index (χ2n) is 9.10. The minimum Gasteiger partial charge on any atom is -0.411 e. The van der Waals surface area contributed by atoms with Crippen molar-refractivity contribution < 1.29 is 10.3 Å². The molecule has 0 heterocycles. The third-order valence-electron chi connectivity index (χ3n) is 8.38. The maximum Gasteiger partial charge on any atom is 0.0633 e. The van der Waals surface area contributed by atoms with Gasteiger partial charge in [0.2, 0.25) is 0 Å². The van der Waals surface area contributed by atoms with E-state index in [2.05, 4.69) is 19.0 Å². The summed E-state index contributed by atoms with van der Waals surface area (Å²) in [5.74, 6) is 2.55. The first-order chi connectivity index (χ1) is 10.5. The zero-order valence-corrected chi connectivity index (χ0v) is 14.1. The molecule has 0 unspecified atom stereocenters. The second-order valence-corrected chi connectivity index (χ2v) is 9.10. The Hall–Kier alpha value is -0.570. The van der Waals surface area contributed by atoms with Gasteiger partial charge in [0.1, 0.15) is 0 Å². The number of fused-ring (bicyclic) bond motifs is 5. The summed E-state index contributed by atoms with van der Waals surface area (Å²) >= 11 is 0. The van der Waals surface area contributed by atoms with Crippen molar-refractivity contribution in [3.63, 3.8) is 0 Å². The van der Waals surface area contributed by atoms with Crippen LogP contribution in [0.2, 0.25) is 0 Å². The molecule has 3 heteroatoms. The lowest BCUT2D eigenvalue weighted by Crippen LogP contribution is -2.58. The molecule has 4 saturated carbocycles. The van der Waals surface area contributed by atoms with E-state index in [0.717, 1.165) is 30.9 Å². The van der Waals surface area contributed by atoms with Gasteiger partial charge in [0.15, 0.2) is 0 Å². The van der Waals surface area contributed by atoms with Crippen LogP contribution in [-0.4, -0.2) is 22.1 Å². The number of rotatable bonds is 0. The van der Waals surface area contributed by atoms with E-state index in [1.165, 1.54) is 38.5 Å². The highest BCUT2D eigenvalue weighted by Gasteiger charge is 2.62. The van der Waals surface area contributed by atoms with Gasteiger partial charge in [-0.15, -0.1) is 0 Å². The van der Waals surface area contributed by atoms with Crippen LogP contribution in [0.15, 0.2) is 5.16 Å². The summed E-state index contributed by atoms with van der Waals surface area (Å²) in [4.78, 5) is 0. The van der Waals surface area contributed by atoms with Crippen LogP contribution in [0.4, 0.5) is 0 Å². The monoisotopic (exact) mass is 305 g/mol. The zero-order chi connectivity index (χ0) is 15.5. The van der Waals surface area contributed by atoms with E-state index in [4.69, 9.17) is 0 Å². The lowest BCUT2D eigenvalue weighted by atomic mass is 9.44. The smallest absolute Gasteiger partial charge is 0.0633 e. The predicted molar refractivity (Wildman–Crippen MR) is 87.0 cm³/mol. The number of hydrogen-bond donors (Lipinski definition) is 2. The lowest BCUT2D eigenvalue weighted by molar-refractivity contribution is -0.153. The molecule has 0 aliphatic heterocycles. The van der Waals surface area contributed by atoms with Crippen molar-refractivity contribution in [1.29, 1.82) is 0 Å². The standard InChI is InChI=1S/C19H31NO2/c1-18-10-4-3-5-12(18)6-7-13-14-8-9-16(20-22)19(14,2)11-15(21)17(13)18/h12-15,17,21-22H,3-11H2,1-2H3/b20-16-/t12-,13+,14+,15-,17-,18+,19+/m1/s1. The summed E-state index contributed by atoms with van der Waals surface area (Å²) in [6.45, 7) is 4.73. The molecule has 0 amide bonds. The maximum absolute atomic E-state index is 11.1. The highest BCUT2D eigenvalue weighted by Crippen LogP contribution is 2.65. The van der Waals surface area contributed by atoms with Gasteiger partial charge in [-0.2, -0.15) is 0 Å². The van der Waals surface area contributed by atoms with Crippen molar-refractivity contribution in [2.24, 2.45) is 39.7 Å². The van der Waals surface area contributed by atoms with Gasteiger partial charge in [-0.3, -0.25) is 0 Å². The van der Waals surface area contributed by atoms with Gasteiger partial charge >= 0.3 is 0 Å². The maximum atomic E-state index is 11.1. The van der Waals surface area contributed by atoms with Gasteiger partial charge < -0.3 is 10.3 Å². The van der Waals surface area contributed by atoms with Crippen LogP contribution >= 0.6 is 0 Å². The fraction of sp³-hybridized carbons (Fsp3) is 0.947. The molecule has 124 valence electrons. The molecule has 4 aliphatic rings. The average molecular weight is 305 g/mol. The molecule has 22 heavy (non-hydrogen) atoms. The Labute approximate surface area is 134 Å². The van der Waals surface area contributed by atoms with Crippen molar-refractivity contribution in [2.45, 2.75) is 77.7 Å².